The van der Waals surface area contributed by atoms with E-state index in [1.165, 1.54) is 12.1 Å². The van der Waals surface area contributed by atoms with Crippen LogP contribution in [0.1, 0.15) is 52.1 Å². The Hall–Kier alpha value is -2.55. The minimum Gasteiger partial charge on any atom is -0.490 e. The topological polar surface area (TPSA) is 95.4 Å². The summed E-state index contributed by atoms with van der Waals surface area (Å²) >= 11 is 6.39. The van der Waals surface area contributed by atoms with Crippen molar-refractivity contribution in [2.45, 2.75) is 59.0 Å². The van der Waals surface area contributed by atoms with E-state index in [-0.39, 0.29) is 12.7 Å². The van der Waals surface area contributed by atoms with Crippen LogP contribution in [-0.4, -0.2) is 73.8 Å². The summed E-state index contributed by atoms with van der Waals surface area (Å²) in [7, 11) is 1.62. The molecule has 212 valence electrons. The molecule has 2 aromatic rings. The second-order valence-electron chi connectivity index (χ2n) is 9.71. The molecule has 1 aromatic carbocycles. The lowest BCUT2D eigenvalue weighted by molar-refractivity contribution is -0.134. The van der Waals surface area contributed by atoms with Crippen LogP contribution >= 0.6 is 11.6 Å². The zero-order chi connectivity index (χ0) is 27.9. The summed E-state index contributed by atoms with van der Waals surface area (Å²) < 4.78 is 10.9. The molecule has 38 heavy (non-hydrogen) atoms. The second kappa shape index (κ2) is 17.1. The van der Waals surface area contributed by atoms with Gasteiger partial charge in [-0.1, -0.05) is 25.4 Å². The largest absolute Gasteiger partial charge is 0.490 e. The Morgan fingerprint density at radius 2 is 1.76 bits per heavy atom. The van der Waals surface area contributed by atoms with Gasteiger partial charge >= 0.3 is 0 Å². The number of aryl methyl sites for hydroxylation is 1. The van der Waals surface area contributed by atoms with E-state index >= 15 is 0 Å². The average molecular weight is 550 g/mol. The minimum absolute atomic E-state index is 0.230. The highest BCUT2D eigenvalue weighted by Gasteiger charge is 2.23. The van der Waals surface area contributed by atoms with E-state index in [4.69, 9.17) is 31.3 Å². The van der Waals surface area contributed by atoms with Crippen molar-refractivity contribution in [3.8, 4) is 5.75 Å². The Bertz CT molecular complexity index is 944. The molecule has 2 fully saturated rings. The number of aromatic nitrogens is 1. The van der Waals surface area contributed by atoms with Crippen molar-refractivity contribution >= 4 is 28.9 Å². The molecule has 8 nitrogen and oxygen atoms in total. The number of nitrogens with zero attached hydrogens (tertiary/aromatic N) is 3. The number of methoxy groups -OCH3 is 1. The van der Waals surface area contributed by atoms with Crippen LogP contribution in [0.25, 0.3) is 0 Å². The standard InChI is InChI=1S/C23H30ClN3O.C4H10O2.C2H4O2/c1-3-18-14-23(22(24)15-25-18)26-12-9-21(10-13-26)28-20-6-4-19(5-7-20)27-11-8-17(2)16-27;1-6-4-2-3-5;1-2(3)4/h4-7,14-15,17,21H,3,8-13,16H2,1-2H3;5H,2-4H2,1H3;1H3,(H,3,4). The SMILES string of the molecule is CC(=O)O.CCc1cc(N2CCC(Oc3ccc(N4CCC(C)C4)cc3)CC2)c(Cl)cn1.COCCCO. The van der Waals surface area contributed by atoms with Gasteiger partial charge in [-0.25, -0.2) is 0 Å². The van der Waals surface area contributed by atoms with Crippen LogP contribution < -0.4 is 14.5 Å². The number of carboxylic acids is 1. The Labute approximate surface area is 232 Å². The van der Waals surface area contributed by atoms with Gasteiger partial charge in [0.25, 0.3) is 5.97 Å². The number of carboxylic acid groups (broad SMARTS) is 1. The molecular weight excluding hydrogens is 506 g/mol. The van der Waals surface area contributed by atoms with Gasteiger partial charge in [0.15, 0.2) is 0 Å². The number of anilines is 2. The third-order valence-corrected chi connectivity index (χ3v) is 6.76. The van der Waals surface area contributed by atoms with Gasteiger partial charge in [0, 0.05) is 83.8 Å². The zero-order valence-corrected chi connectivity index (χ0v) is 24.0. The van der Waals surface area contributed by atoms with Crippen molar-refractivity contribution in [3.05, 3.63) is 47.2 Å². The third kappa shape index (κ3) is 11.1. The Morgan fingerprint density at radius 1 is 1.13 bits per heavy atom. The van der Waals surface area contributed by atoms with E-state index < -0.39 is 5.97 Å². The molecule has 3 heterocycles. The van der Waals surface area contributed by atoms with E-state index in [0.717, 1.165) is 86.9 Å². The number of aliphatic hydroxyl groups is 1. The van der Waals surface area contributed by atoms with Gasteiger partial charge in [0.2, 0.25) is 0 Å². The number of pyridine rings is 1. The highest BCUT2D eigenvalue weighted by atomic mass is 35.5. The molecule has 2 N–H and O–H groups in total. The highest BCUT2D eigenvalue weighted by molar-refractivity contribution is 6.33. The number of hydrogen-bond donors (Lipinski definition) is 2. The maximum absolute atomic E-state index is 9.00. The van der Waals surface area contributed by atoms with E-state index in [0.29, 0.717) is 6.61 Å². The fourth-order valence-electron chi connectivity index (χ4n) is 4.43. The van der Waals surface area contributed by atoms with Gasteiger partial charge in [0.05, 0.1) is 10.7 Å². The quantitative estimate of drug-likeness (QED) is 0.428. The first-order valence-electron chi connectivity index (χ1n) is 13.5. The smallest absolute Gasteiger partial charge is 0.300 e. The van der Waals surface area contributed by atoms with Crippen molar-refractivity contribution in [2.24, 2.45) is 5.92 Å². The summed E-state index contributed by atoms with van der Waals surface area (Å²) in [4.78, 5) is 18.2. The molecule has 1 aromatic heterocycles. The fraction of sp³-hybridized carbons (Fsp3) is 0.586. The average Bonchev–Trinajstić information content (AvgIpc) is 3.35. The molecule has 2 saturated heterocycles. The molecule has 0 radical (unpaired) electrons. The van der Waals surface area contributed by atoms with Crippen LogP contribution in [0.2, 0.25) is 5.02 Å². The van der Waals surface area contributed by atoms with Gasteiger partial charge in [-0.3, -0.25) is 9.78 Å². The van der Waals surface area contributed by atoms with Crippen molar-refractivity contribution in [1.82, 2.24) is 4.98 Å². The second-order valence-corrected chi connectivity index (χ2v) is 10.1. The number of aliphatic carboxylic acids is 1. The fourth-order valence-corrected chi connectivity index (χ4v) is 4.65. The van der Waals surface area contributed by atoms with Gasteiger partial charge in [-0.2, -0.15) is 0 Å². The summed E-state index contributed by atoms with van der Waals surface area (Å²) in [5.74, 6) is 0.938. The summed E-state index contributed by atoms with van der Waals surface area (Å²) in [5.41, 5.74) is 3.51. The van der Waals surface area contributed by atoms with Crippen molar-refractivity contribution in [3.63, 3.8) is 0 Å². The molecule has 4 rings (SSSR count). The van der Waals surface area contributed by atoms with Crippen LogP contribution in [0.3, 0.4) is 0 Å². The predicted octanol–water partition coefficient (Wildman–Crippen LogP) is 5.30. The first kappa shape index (κ1) is 31.7. The number of aliphatic hydroxyl groups excluding tert-OH is 1. The number of piperidine rings is 1. The number of hydrogen-bond acceptors (Lipinski definition) is 7. The maximum Gasteiger partial charge on any atom is 0.300 e. The minimum atomic E-state index is -0.833. The van der Waals surface area contributed by atoms with Gasteiger partial charge < -0.3 is 29.5 Å². The lowest BCUT2D eigenvalue weighted by Gasteiger charge is -2.34. The Balaban J connectivity index is 0.000000435. The summed E-state index contributed by atoms with van der Waals surface area (Å²) in [6.45, 7) is 10.7. The maximum atomic E-state index is 9.00. The van der Waals surface area contributed by atoms with E-state index in [9.17, 15) is 0 Å². The van der Waals surface area contributed by atoms with Crippen LogP contribution in [-0.2, 0) is 16.0 Å². The van der Waals surface area contributed by atoms with Gasteiger partial charge in [0.1, 0.15) is 11.9 Å². The normalized spacial score (nSPS) is 17.3. The van der Waals surface area contributed by atoms with Crippen molar-refractivity contribution in [1.29, 1.82) is 0 Å². The molecule has 2 aliphatic rings. The molecule has 0 aliphatic carbocycles. The Morgan fingerprint density at radius 3 is 2.26 bits per heavy atom. The number of ether oxygens (including phenoxy) is 2. The van der Waals surface area contributed by atoms with E-state index in [1.54, 1.807) is 13.3 Å². The third-order valence-electron chi connectivity index (χ3n) is 6.47. The van der Waals surface area contributed by atoms with Crippen molar-refractivity contribution in [2.75, 3.05) is 56.3 Å². The first-order valence-corrected chi connectivity index (χ1v) is 13.8. The van der Waals surface area contributed by atoms with E-state index in [2.05, 4.69) is 63.7 Å². The molecule has 0 amide bonds. The molecule has 9 heteroatoms. The molecule has 1 atom stereocenters. The number of halogens is 1. The number of benzene rings is 1. The highest BCUT2D eigenvalue weighted by Crippen LogP contribution is 2.30. The molecular formula is C29H44ClN3O5. The van der Waals surface area contributed by atoms with Gasteiger partial charge in [-0.15, -0.1) is 0 Å². The predicted molar refractivity (Wildman–Crippen MR) is 154 cm³/mol. The molecule has 2 aliphatic heterocycles. The molecule has 0 bridgehead atoms. The molecule has 0 saturated carbocycles. The summed E-state index contributed by atoms with van der Waals surface area (Å²) in [6.07, 6.45) is 7.02. The lowest BCUT2D eigenvalue weighted by Crippen LogP contribution is -2.38. The van der Waals surface area contributed by atoms with Crippen LogP contribution in [0.4, 0.5) is 11.4 Å². The van der Waals surface area contributed by atoms with Crippen LogP contribution in [0.5, 0.6) is 5.75 Å². The molecule has 1 unspecified atom stereocenters. The number of carbonyl (C=O) groups is 1. The van der Waals surface area contributed by atoms with Crippen molar-refractivity contribution < 1.29 is 24.5 Å². The zero-order valence-electron chi connectivity index (χ0n) is 23.2. The monoisotopic (exact) mass is 549 g/mol. The van der Waals surface area contributed by atoms with E-state index in [1.807, 2.05) is 0 Å². The van der Waals surface area contributed by atoms with Crippen LogP contribution in [0.15, 0.2) is 36.5 Å². The van der Waals surface area contributed by atoms with Crippen LogP contribution in [0, 0.1) is 5.92 Å². The van der Waals surface area contributed by atoms with Gasteiger partial charge in [-0.05, 0) is 55.5 Å². The summed E-state index contributed by atoms with van der Waals surface area (Å²) in [5, 5.41) is 16.3. The number of rotatable bonds is 8. The lowest BCUT2D eigenvalue weighted by atomic mass is 10.1. The molecule has 0 spiro atoms. The Kier molecular flexibility index (Phi) is 14.3. The summed E-state index contributed by atoms with van der Waals surface area (Å²) in [6, 6.07) is 10.8. The first-order chi connectivity index (χ1) is 18.3.